The summed E-state index contributed by atoms with van der Waals surface area (Å²) in [6, 6.07) is 23.9. The Morgan fingerprint density at radius 2 is 1.69 bits per heavy atom. The Kier molecular flexibility index (Phi) is 23.4. The van der Waals surface area contributed by atoms with Gasteiger partial charge in [-0.25, -0.2) is 0 Å². The Morgan fingerprint density at radius 3 is 2.23 bits per heavy atom. The lowest BCUT2D eigenvalue weighted by Gasteiger charge is -2.35. The van der Waals surface area contributed by atoms with E-state index in [4.69, 9.17) is 82.1 Å². The summed E-state index contributed by atoms with van der Waals surface area (Å²) in [5, 5.41) is 19.0. The third-order valence-electron chi connectivity index (χ3n) is 9.11. The van der Waals surface area contributed by atoms with E-state index in [1.54, 1.807) is 41.2 Å². The van der Waals surface area contributed by atoms with Crippen molar-refractivity contribution in [1.29, 1.82) is 0 Å². The molecule has 0 spiro atoms. The van der Waals surface area contributed by atoms with Gasteiger partial charge in [-0.15, -0.1) is 11.6 Å². The highest BCUT2D eigenvalue weighted by Gasteiger charge is 2.32. The molecule has 16 nitrogen and oxygen atoms in total. The van der Waals surface area contributed by atoms with Crippen LogP contribution in [-0.4, -0.2) is 94.7 Å². The summed E-state index contributed by atoms with van der Waals surface area (Å²) in [4.78, 5) is 55.3. The van der Waals surface area contributed by atoms with E-state index >= 15 is 0 Å². The van der Waals surface area contributed by atoms with E-state index in [1.807, 2.05) is 63.2 Å². The minimum atomic E-state index is -3.10. The molecule has 0 aromatic heterocycles. The number of carboxylic acids is 1. The van der Waals surface area contributed by atoms with Gasteiger partial charge in [0.2, 0.25) is 5.91 Å². The molecule has 350 valence electrons. The van der Waals surface area contributed by atoms with Crippen molar-refractivity contribution in [1.82, 2.24) is 0 Å². The first kappa shape index (κ1) is 55.5. The topological polar surface area (TPSA) is 238 Å². The van der Waals surface area contributed by atoms with Gasteiger partial charge in [0.1, 0.15) is 46.5 Å². The first-order valence-corrected chi connectivity index (χ1v) is 23.7. The van der Waals surface area contributed by atoms with Crippen molar-refractivity contribution >= 4 is 94.3 Å². The summed E-state index contributed by atoms with van der Waals surface area (Å²) in [5.74, 6) is -0.0206. The van der Waals surface area contributed by atoms with Gasteiger partial charge in [-0.05, 0) is 75.1 Å². The van der Waals surface area contributed by atoms with Gasteiger partial charge in [0.05, 0.1) is 35.0 Å². The van der Waals surface area contributed by atoms with E-state index in [0.29, 0.717) is 24.7 Å². The highest BCUT2D eigenvalue weighted by molar-refractivity contribution is 7.57. The van der Waals surface area contributed by atoms with Crippen molar-refractivity contribution in [3.8, 4) is 17.2 Å². The number of amides is 2. The SMILES string of the molecule is CC1COc2ccccc2N1C(=O)C(Cl)Cl.CCc1cccc(C)c1N(C(=O)CCl)C(C)COC.CP(=O)(O)CCC(N)C(=O)O.Nc1c([N+](=O)[O-])ccc(Oc2ccccc2)c1Cl. The van der Waals surface area contributed by atoms with E-state index in [-0.39, 0.29) is 64.5 Å². The number of nitro groups is 1. The number of hydrogen-bond donors (Lipinski definition) is 4. The number of nitro benzene ring substituents is 1. The largest absolute Gasteiger partial charge is 0.489 e. The highest BCUT2D eigenvalue weighted by Crippen LogP contribution is 2.39. The van der Waals surface area contributed by atoms with Crippen LogP contribution < -0.4 is 30.7 Å². The maximum absolute atomic E-state index is 12.2. The summed E-state index contributed by atoms with van der Waals surface area (Å²) in [7, 11) is -1.47. The van der Waals surface area contributed by atoms with Crippen molar-refractivity contribution < 1.29 is 48.1 Å². The Bertz CT molecular complexity index is 2220. The van der Waals surface area contributed by atoms with Crippen LogP contribution in [0.3, 0.4) is 0 Å². The Labute approximate surface area is 392 Å². The smallest absolute Gasteiger partial charge is 0.320 e. The number of halogens is 4. The number of rotatable bonds is 14. The van der Waals surface area contributed by atoms with Gasteiger partial charge >= 0.3 is 5.97 Å². The van der Waals surface area contributed by atoms with Gasteiger partial charge in [0, 0.05) is 26.0 Å². The second-order valence-corrected chi connectivity index (χ2v) is 18.6. The number of carbonyl (C=O) groups is 3. The zero-order valence-corrected chi connectivity index (χ0v) is 40.1. The Morgan fingerprint density at radius 1 is 1.06 bits per heavy atom. The van der Waals surface area contributed by atoms with Gasteiger partial charge in [-0.3, -0.25) is 29.1 Å². The van der Waals surface area contributed by atoms with Gasteiger partial charge in [-0.1, -0.05) is 90.3 Å². The molecular weight excluding hydrogens is 935 g/mol. The van der Waals surface area contributed by atoms with Crippen LogP contribution in [0.25, 0.3) is 0 Å². The van der Waals surface area contributed by atoms with Crippen LogP contribution in [0.1, 0.15) is 38.3 Å². The Hall–Kier alpha value is -4.64. The van der Waals surface area contributed by atoms with Crippen LogP contribution in [0.15, 0.2) is 84.9 Å². The van der Waals surface area contributed by atoms with Crippen LogP contribution in [-0.2, 0) is 30.1 Å². The number of aliphatic carboxylic acids is 1. The first-order valence-electron chi connectivity index (χ1n) is 19.6. The summed E-state index contributed by atoms with van der Waals surface area (Å²) in [6.07, 6.45) is 0.878. The lowest BCUT2D eigenvalue weighted by molar-refractivity contribution is -0.383. The summed E-state index contributed by atoms with van der Waals surface area (Å²) in [5.41, 5.74) is 14.3. The molecule has 0 bridgehead atoms. The van der Waals surface area contributed by atoms with Gasteiger partial charge in [0.15, 0.2) is 12.2 Å². The van der Waals surface area contributed by atoms with E-state index < -0.39 is 29.1 Å². The number of benzene rings is 4. The fourth-order valence-electron chi connectivity index (χ4n) is 5.98. The molecule has 6 N–H and O–H groups in total. The molecule has 5 rings (SSSR count). The number of carboxylic acid groups (broad SMARTS) is 1. The lowest BCUT2D eigenvalue weighted by Crippen LogP contribution is -2.47. The van der Waals surface area contributed by atoms with Crippen molar-refractivity contribution in [2.75, 3.05) is 54.6 Å². The molecule has 4 aromatic rings. The molecule has 0 fully saturated rings. The third kappa shape index (κ3) is 17.1. The van der Waals surface area contributed by atoms with E-state index in [9.17, 15) is 29.1 Å². The predicted octanol–water partition coefficient (Wildman–Crippen LogP) is 9.08. The lowest BCUT2D eigenvalue weighted by atomic mass is 10.0. The van der Waals surface area contributed by atoms with E-state index in [1.165, 1.54) is 18.8 Å². The zero-order chi connectivity index (χ0) is 48.3. The predicted molar refractivity (Wildman–Crippen MR) is 254 cm³/mol. The molecule has 21 heteroatoms. The number of nitrogens with two attached hydrogens (primary N) is 2. The van der Waals surface area contributed by atoms with E-state index in [2.05, 4.69) is 13.0 Å². The number of carbonyl (C=O) groups excluding carboxylic acids is 2. The van der Waals surface area contributed by atoms with Crippen molar-refractivity contribution in [2.24, 2.45) is 5.73 Å². The molecular formula is C43H54Cl4N5O11P. The number of anilines is 3. The molecule has 2 amide bonds. The molecule has 1 aliphatic heterocycles. The summed E-state index contributed by atoms with van der Waals surface area (Å²) < 4.78 is 26.8. The summed E-state index contributed by atoms with van der Waals surface area (Å²) >= 11 is 22.9. The molecule has 1 aliphatic rings. The standard InChI is InChI=1S/C15H22ClNO2.C12H9ClN2O3.C11H11Cl2NO2.C5H12NO4P/c1-5-13-8-6-7-11(2)15(13)17(14(18)9-16)12(3)10-19-4;13-11-10(18-8-4-2-1-3-5-8)7-6-9(12(11)14)15(16)17;1-7-6-16-9-5-3-2-4-8(9)14(7)11(15)10(12)13;1-11(9,10)3-2-4(6)5(7)8/h6-8,12H,5,9-10H2,1-4H3;1-7H,14H2;2-5,7,10H,6H2,1H3;4H,2-3,6H2,1H3,(H,7,8)(H,9,10). The van der Waals surface area contributed by atoms with Crippen molar-refractivity contribution in [3.63, 3.8) is 0 Å². The highest BCUT2D eigenvalue weighted by atomic mass is 35.5. The molecule has 4 unspecified atom stereocenters. The van der Waals surface area contributed by atoms with Gasteiger partial charge in [0.25, 0.3) is 11.6 Å². The molecule has 0 radical (unpaired) electrons. The Balaban J connectivity index is 0.000000299. The minimum Gasteiger partial charge on any atom is -0.489 e. The van der Waals surface area contributed by atoms with Crippen molar-refractivity contribution in [2.45, 2.75) is 63.5 Å². The number of hydrogen-bond acceptors (Lipinski definition) is 11. The van der Waals surface area contributed by atoms with Crippen LogP contribution in [0.2, 0.25) is 5.02 Å². The monoisotopic (exact) mass is 987 g/mol. The minimum absolute atomic E-state index is 0.0223. The molecule has 0 aliphatic carbocycles. The molecule has 4 atom stereocenters. The van der Waals surface area contributed by atoms with Crippen molar-refractivity contribution in [3.05, 3.63) is 111 Å². The fourth-order valence-corrected chi connectivity index (χ4v) is 7.28. The number of para-hydroxylation sites is 4. The number of nitrogen functional groups attached to an aromatic ring is 1. The van der Waals surface area contributed by atoms with Crippen LogP contribution >= 0.6 is 53.8 Å². The average Bonchev–Trinajstić information content (AvgIpc) is 3.25. The number of ether oxygens (including phenoxy) is 3. The fraction of sp³-hybridized carbons (Fsp3) is 0.372. The second kappa shape index (κ2) is 27.0. The molecule has 4 aromatic carbocycles. The molecule has 64 heavy (non-hydrogen) atoms. The average molecular weight is 990 g/mol. The molecule has 0 saturated carbocycles. The normalized spacial score (nSPS) is 14.5. The van der Waals surface area contributed by atoms with Crippen LogP contribution in [0.4, 0.5) is 22.7 Å². The number of nitrogens with zero attached hydrogens (tertiary/aromatic N) is 3. The van der Waals surface area contributed by atoms with Crippen LogP contribution in [0.5, 0.6) is 17.2 Å². The number of aryl methyl sites for hydroxylation is 2. The molecule has 1 heterocycles. The number of methoxy groups -OCH3 is 1. The summed E-state index contributed by atoms with van der Waals surface area (Å²) in [6.45, 7) is 10.1. The maximum atomic E-state index is 12.2. The zero-order valence-electron chi connectivity index (χ0n) is 36.2. The van der Waals surface area contributed by atoms with Gasteiger partial charge < -0.3 is 45.5 Å². The first-order chi connectivity index (χ1) is 30.1. The maximum Gasteiger partial charge on any atom is 0.320 e. The number of fused-ring (bicyclic) bond motifs is 1. The quantitative estimate of drug-likeness (QED) is 0.0304. The number of alkyl halides is 3. The van der Waals surface area contributed by atoms with Gasteiger partial charge in [-0.2, -0.15) is 0 Å². The second-order valence-electron chi connectivity index (χ2n) is 14.3. The van der Waals surface area contributed by atoms with Crippen LogP contribution in [0, 0.1) is 17.0 Å². The third-order valence-corrected chi connectivity index (χ3v) is 11.2. The van der Waals surface area contributed by atoms with E-state index in [0.717, 1.165) is 28.9 Å². The molecule has 0 saturated heterocycles.